The summed E-state index contributed by atoms with van der Waals surface area (Å²) in [6.07, 6.45) is 0. The molecule has 2 aromatic rings. The molecule has 0 radical (unpaired) electrons. The topological polar surface area (TPSA) is 0 Å². The van der Waals surface area contributed by atoms with Crippen LogP contribution in [0.4, 0.5) is 0 Å². The number of hydrogen-bond donors (Lipinski definition) is 0. The molecule has 0 aliphatic heterocycles. The maximum Gasteiger partial charge on any atom is -0.0123 e. The van der Waals surface area contributed by atoms with E-state index in [9.17, 15) is 0 Å². The summed E-state index contributed by atoms with van der Waals surface area (Å²) in [5, 5.41) is 0. The van der Waals surface area contributed by atoms with Gasteiger partial charge in [0.15, 0.2) is 0 Å². The first-order valence-corrected chi connectivity index (χ1v) is 6.26. The van der Waals surface area contributed by atoms with Crippen LogP contribution in [0.25, 0.3) is 11.1 Å². The Bertz CT molecular complexity index is 501. The smallest absolute Gasteiger partial charge is 0.0123 e. The summed E-state index contributed by atoms with van der Waals surface area (Å²) in [6, 6.07) is 15.3. The Morgan fingerprint density at radius 2 is 1.35 bits per heavy atom. The van der Waals surface area contributed by atoms with Gasteiger partial charge in [-0.1, -0.05) is 56.3 Å². The van der Waals surface area contributed by atoms with E-state index >= 15 is 0 Å². The van der Waals surface area contributed by atoms with Crippen molar-refractivity contribution in [1.29, 1.82) is 0 Å². The van der Waals surface area contributed by atoms with E-state index in [-0.39, 0.29) is 0 Å². The van der Waals surface area contributed by atoms with Gasteiger partial charge in [0.25, 0.3) is 0 Å². The summed E-state index contributed by atoms with van der Waals surface area (Å²) in [6.45, 7) is 8.90. The lowest BCUT2D eigenvalue weighted by Gasteiger charge is -2.16. The van der Waals surface area contributed by atoms with Crippen molar-refractivity contribution in [2.24, 2.45) is 0 Å². The third kappa shape index (κ3) is 2.26. The van der Waals surface area contributed by atoms with Gasteiger partial charge < -0.3 is 0 Å². The van der Waals surface area contributed by atoms with Crippen LogP contribution >= 0.6 is 0 Å². The molecule has 0 aliphatic rings. The van der Waals surface area contributed by atoms with Crippen LogP contribution < -0.4 is 0 Å². The van der Waals surface area contributed by atoms with E-state index in [0.717, 1.165) is 0 Å². The molecule has 0 fully saturated rings. The van der Waals surface area contributed by atoms with Crippen molar-refractivity contribution in [2.45, 2.75) is 33.6 Å². The van der Waals surface area contributed by atoms with Gasteiger partial charge in [-0.3, -0.25) is 0 Å². The average Bonchev–Trinajstić information content (AvgIpc) is 2.29. The van der Waals surface area contributed by atoms with Crippen LogP contribution in [0.1, 0.15) is 36.5 Å². The van der Waals surface area contributed by atoms with Crippen molar-refractivity contribution in [1.82, 2.24) is 0 Å². The van der Waals surface area contributed by atoms with Gasteiger partial charge in [-0.05, 0) is 47.6 Å². The normalized spacial score (nSPS) is 10.9. The van der Waals surface area contributed by atoms with Crippen LogP contribution in [0.5, 0.6) is 0 Å². The third-order valence-electron chi connectivity index (χ3n) is 3.33. The zero-order chi connectivity index (χ0) is 12.4. The quantitative estimate of drug-likeness (QED) is 0.666. The molecule has 0 aliphatic carbocycles. The Kier molecular flexibility index (Phi) is 3.33. The molecule has 0 atom stereocenters. The van der Waals surface area contributed by atoms with Crippen molar-refractivity contribution < 1.29 is 0 Å². The Labute approximate surface area is 104 Å². The molecule has 0 unspecified atom stereocenters. The standard InChI is InChI=1S/C17H20/c1-12(2)15-10-5-6-11-16(15)17-13(3)8-7-9-14(17)4/h5-12H,1-4H3. The number of hydrogen-bond acceptors (Lipinski definition) is 0. The SMILES string of the molecule is Cc1cccc(C)c1-c1ccccc1C(C)C. The first-order valence-electron chi connectivity index (χ1n) is 6.26. The molecular formula is C17H20. The summed E-state index contributed by atoms with van der Waals surface area (Å²) in [5.74, 6) is 0.560. The Morgan fingerprint density at radius 3 is 1.94 bits per heavy atom. The summed E-state index contributed by atoms with van der Waals surface area (Å²) in [5.41, 5.74) is 6.94. The minimum absolute atomic E-state index is 0.560. The van der Waals surface area contributed by atoms with Gasteiger partial charge in [0.2, 0.25) is 0 Å². The second-order valence-corrected chi connectivity index (χ2v) is 5.01. The van der Waals surface area contributed by atoms with Gasteiger partial charge >= 0.3 is 0 Å². The fourth-order valence-electron chi connectivity index (χ4n) is 2.47. The van der Waals surface area contributed by atoms with Crippen molar-refractivity contribution in [3.8, 4) is 11.1 Å². The molecule has 0 spiro atoms. The molecule has 17 heavy (non-hydrogen) atoms. The molecule has 2 rings (SSSR count). The monoisotopic (exact) mass is 224 g/mol. The van der Waals surface area contributed by atoms with Gasteiger partial charge in [0.1, 0.15) is 0 Å². The van der Waals surface area contributed by atoms with Crippen molar-refractivity contribution >= 4 is 0 Å². The molecule has 2 aromatic carbocycles. The maximum atomic E-state index is 2.26. The summed E-state index contributed by atoms with van der Waals surface area (Å²) < 4.78 is 0. The second kappa shape index (κ2) is 4.75. The van der Waals surface area contributed by atoms with Crippen molar-refractivity contribution in [2.75, 3.05) is 0 Å². The molecule has 0 saturated heterocycles. The van der Waals surface area contributed by atoms with E-state index < -0.39 is 0 Å². The number of aryl methyl sites for hydroxylation is 2. The van der Waals surface area contributed by atoms with Gasteiger partial charge in [-0.25, -0.2) is 0 Å². The molecule has 0 saturated carbocycles. The largest absolute Gasteiger partial charge is 0.0619 e. The van der Waals surface area contributed by atoms with Gasteiger partial charge in [0, 0.05) is 0 Å². The molecule has 0 bridgehead atoms. The fraction of sp³-hybridized carbons (Fsp3) is 0.294. The first-order chi connectivity index (χ1) is 8.11. The first kappa shape index (κ1) is 11.9. The van der Waals surface area contributed by atoms with E-state index in [1.54, 1.807) is 0 Å². The molecule has 0 amide bonds. The van der Waals surface area contributed by atoms with Crippen LogP contribution in [0.15, 0.2) is 42.5 Å². The highest BCUT2D eigenvalue weighted by atomic mass is 14.2. The van der Waals surface area contributed by atoms with Crippen LogP contribution in [0.2, 0.25) is 0 Å². The predicted molar refractivity (Wildman–Crippen MR) is 75.4 cm³/mol. The van der Waals surface area contributed by atoms with E-state index in [1.807, 2.05) is 0 Å². The number of rotatable bonds is 2. The Balaban J connectivity index is 2.69. The minimum Gasteiger partial charge on any atom is -0.0619 e. The highest BCUT2D eigenvalue weighted by molar-refractivity contribution is 5.74. The van der Waals surface area contributed by atoms with Crippen LogP contribution in [-0.4, -0.2) is 0 Å². The molecule has 0 nitrogen and oxygen atoms in total. The molecule has 0 N–H and O–H groups in total. The number of benzene rings is 2. The van der Waals surface area contributed by atoms with E-state index in [4.69, 9.17) is 0 Å². The van der Waals surface area contributed by atoms with Gasteiger partial charge in [-0.2, -0.15) is 0 Å². The lowest BCUT2D eigenvalue weighted by atomic mass is 9.88. The van der Waals surface area contributed by atoms with E-state index in [1.165, 1.54) is 27.8 Å². The average molecular weight is 224 g/mol. The maximum absolute atomic E-state index is 2.26. The molecule has 0 heterocycles. The lowest BCUT2D eigenvalue weighted by Crippen LogP contribution is -1.95. The highest BCUT2D eigenvalue weighted by Gasteiger charge is 2.11. The van der Waals surface area contributed by atoms with Crippen LogP contribution in [0, 0.1) is 13.8 Å². The van der Waals surface area contributed by atoms with Crippen LogP contribution in [0.3, 0.4) is 0 Å². The fourth-order valence-corrected chi connectivity index (χ4v) is 2.47. The highest BCUT2D eigenvalue weighted by Crippen LogP contribution is 2.33. The Morgan fingerprint density at radius 1 is 0.765 bits per heavy atom. The molecule has 0 heteroatoms. The van der Waals surface area contributed by atoms with Crippen LogP contribution in [-0.2, 0) is 0 Å². The zero-order valence-electron chi connectivity index (χ0n) is 11.1. The zero-order valence-corrected chi connectivity index (χ0v) is 11.1. The van der Waals surface area contributed by atoms with Gasteiger partial charge in [0.05, 0.1) is 0 Å². The van der Waals surface area contributed by atoms with Crippen molar-refractivity contribution in [3.05, 3.63) is 59.2 Å². The molecule has 88 valence electrons. The second-order valence-electron chi connectivity index (χ2n) is 5.01. The Hall–Kier alpha value is -1.56. The summed E-state index contributed by atoms with van der Waals surface area (Å²) >= 11 is 0. The van der Waals surface area contributed by atoms with Gasteiger partial charge in [-0.15, -0.1) is 0 Å². The third-order valence-corrected chi connectivity index (χ3v) is 3.33. The summed E-state index contributed by atoms with van der Waals surface area (Å²) in [4.78, 5) is 0. The molecule has 0 aromatic heterocycles. The lowest BCUT2D eigenvalue weighted by molar-refractivity contribution is 0.868. The summed E-state index contributed by atoms with van der Waals surface area (Å²) in [7, 11) is 0. The van der Waals surface area contributed by atoms with E-state index in [2.05, 4.69) is 70.2 Å². The molecular weight excluding hydrogens is 204 g/mol. The van der Waals surface area contributed by atoms with E-state index in [0.29, 0.717) is 5.92 Å². The van der Waals surface area contributed by atoms with Crippen molar-refractivity contribution in [3.63, 3.8) is 0 Å². The minimum atomic E-state index is 0.560. The predicted octanol–water partition coefficient (Wildman–Crippen LogP) is 5.09.